The van der Waals surface area contributed by atoms with Crippen molar-refractivity contribution in [2.45, 2.75) is 50.7 Å². The number of carbonyl (C=O) groups excluding carboxylic acids is 2. The molecule has 0 rings (SSSR count). The Kier molecular flexibility index (Phi) is 8.50. The number of rotatable bonds is 12. The monoisotopic (exact) mass is 388 g/mol. The van der Waals surface area contributed by atoms with Gasteiger partial charge in [-0.15, -0.1) is 0 Å². The Morgan fingerprint density at radius 1 is 1.00 bits per heavy atom. The van der Waals surface area contributed by atoms with Gasteiger partial charge in [-0.3, -0.25) is 19.4 Å². The molecule has 0 saturated heterocycles. The van der Waals surface area contributed by atoms with E-state index in [2.05, 4.69) is 4.99 Å². The number of hydrogen-bond donors (Lipinski definition) is 7. The van der Waals surface area contributed by atoms with Crippen molar-refractivity contribution in [1.82, 2.24) is 0 Å². The Hall–Kier alpha value is -2.57. The molecule has 12 N–H and O–H groups in total. The summed E-state index contributed by atoms with van der Waals surface area (Å²) in [6.45, 7) is 2.52. The van der Waals surface area contributed by atoms with E-state index in [0.717, 1.165) is 13.8 Å². The molecular formula is C15H28N6O6. The average molecular weight is 388 g/mol. The van der Waals surface area contributed by atoms with Crippen molar-refractivity contribution >= 4 is 29.5 Å². The highest BCUT2D eigenvalue weighted by molar-refractivity contribution is 6.15. The fraction of sp³-hybridized carbons (Fsp3) is 0.667. The SMILES string of the molecule is CC(C)(C(=O)C(N)CCCN=C(N)N)C(N)(C(=O)O)C(=O)C(N)CC(=O)O. The predicted molar refractivity (Wildman–Crippen MR) is 96.5 cm³/mol. The molecule has 0 aromatic rings. The Labute approximate surface area is 156 Å². The van der Waals surface area contributed by atoms with E-state index in [1.165, 1.54) is 0 Å². The first-order valence-electron chi connectivity index (χ1n) is 8.08. The number of nitrogens with zero attached hydrogens (tertiary/aromatic N) is 1. The van der Waals surface area contributed by atoms with Crippen molar-refractivity contribution in [2.24, 2.45) is 39.1 Å². The second kappa shape index (κ2) is 9.39. The molecule has 0 aliphatic rings. The van der Waals surface area contributed by atoms with Crippen LogP contribution in [0, 0.1) is 5.41 Å². The van der Waals surface area contributed by atoms with Gasteiger partial charge in [0.15, 0.2) is 23.1 Å². The topological polar surface area (TPSA) is 251 Å². The molecule has 0 spiro atoms. The van der Waals surface area contributed by atoms with Crippen LogP contribution < -0.4 is 28.7 Å². The van der Waals surface area contributed by atoms with Crippen molar-refractivity contribution in [3.05, 3.63) is 0 Å². The van der Waals surface area contributed by atoms with Gasteiger partial charge in [-0.25, -0.2) is 4.79 Å². The van der Waals surface area contributed by atoms with E-state index >= 15 is 0 Å². The standard InChI is InChI=1S/C15H28N6O6/c1-14(2,10(24)7(16)4-3-5-21-13(18)19)15(20,12(26)27)11(25)8(17)6-9(22)23/h7-8H,3-6,16-17,20H2,1-2H3,(H,22,23)(H,26,27)(H4,18,19,21). The molecule has 12 nitrogen and oxygen atoms in total. The molecule has 0 aliphatic carbocycles. The Bertz CT molecular complexity index is 630. The number of hydrogen-bond acceptors (Lipinski definition) is 8. The maximum Gasteiger partial charge on any atom is 0.332 e. The summed E-state index contributed by atoms with van der Waals surface area (Å²) in [4.78, 5) is 51.5. The minimum atomic E-state index is -2.75. The highest BCUT2D eigenvalue weighted by atomic mass is 16.4. The predicted octanol–water partition coefficient (Wildman–Crippen LogP) is -2.88. The summed E-state index contributed by atoms with van der Waals surface area (Å²) in [5.41, 5.74) is 22.8. The molecule has 0 heterocycles. The van der Waals surface area contributed by atoms with Crippen LogP contribution in [-0.2, 0) is 19.2 Å². The minimum Gasteiger partial charge on any atom is -0.481 e. The van der Waals surface area contributed by atoms with Gasteiger partial charge in [0.2, 0.25) is 0 Å². The number of nitrogens with two attached hydrogens (primary N) is 5. The number of ketones is 2. The quantitative estimate of drug-likeness (QED) is 0.0773. The summed E-state index contributed by atoms with van der Waals surface area (Å²) in [6, 6.07) is -2.84. The zero-order valence-corrected chi connectivity index (χ0v) is 15.3. The zero-order chi connectivity index (χ0) is 21.6. The summed E-state index contributed by atoms with van der Waals surface area (Å²) >= 11 is 0. The fourth-order valence-corrected chi connectivity index (χ4v) is 2.56. The molecule has 154 valence electrons. The van der Waals surface area contributed by atoms with Gasteiger partial charge in [-0.05, 0) is 12.8 Å². The van der Waals surface area contributed by atoms with Crippen LogP contribution in [0.5, 0.6) is 0 Å². The van der Waals surface area contributed by atoms with E-state index in [-0.39, 0.29) is 18.9 Å². The highest BCUT2D eigenvalue weighted by Crippen LogP contribution is 2.34. The summed E-state index contributed by atoms with van der Waals surface area (Å²) in [7, 11) is 0. The van der Waals surface area contributed by atoms with E-state index < -0.39 is 53.0 Å². The van der Waals surface area contributed by atoms with Crippen molar-refractivity contribution in [1.29, 1.82) is 0 Å². The average Bonchev–Trinajstić information content (AvgIpc) is 2.54. The van der Waals surface area contributed by atoms with Gasteiger partial charge in [0.1, 0.15) is 0 Å². The second-order valence-corrected chi connectivity index (χ2v) is 6.73. The largest absolute Gasteiger partial charge is 0.481 e. The van der Waals surface area contributed by atoms with E-state index in [9.17, 15) is 24.3 Å². The van der Waals surface area contributed by atoms with Crippen molar-refractivity contribution < 1.29 is 29.4 Å². The second-order valence-electron chi connectivity index (χ2n) is 6.73. The minimum absolute atomic E-state index is 0.115. The summed E-state index contributed by atoms with van der Waals surface area (Å²) in [5.74, 6) is -5.40. The van der Waals surface area contributed by atoms with Crippen LogP contribution in [0.2, 0.25) is 0 Å². The smallest absolute Gasteiger partial charge is 0.332 e. The van der Waals surface area contributed by atoms with Gasteiger partial charge in [-0.2, -0.15) is 0 Å². The molecule has 0 saturated carbocycles. The first-order valence-corrected chi connectivity index (χ1v) is 8.08. The third kappa shape index (κ3) is 5.70. The number of carboxylic acids is 2. The van der Waals surface area contributed by atoms with Crippen LogP contribution >= 0.6 is 0 Å². The van der Waals surface area contributed by atoms with Crippen LogP contribution in [0.4, 0.5) is 0 Å². The first-order chi connectivity index (χ1) is 12.2. The first kappa shape index (κ1) is 24.4. The van der Waals surface area contributed by atoms with Gasteiger partial charge in [-0.1, -0.05) is 13.8 Å². The molecule has 0 aromatic carbocycles. The van der Waals surface area contributed by atoms with Gasteiger partial charge >= 0.3 is 11.9 Å². The number of Topliss-reactive ketones (excluding diaryl/α,β-unsaturated/α-hetero) is 2. The maximum atomic E-state index is 12.7. The van der Waals surface area contributed by atoms with Gasteiger partial charge < -0.3 is 38.9 Å². The number of carboxylic acid groups (broad SMARTS) is 2. The molecule has 12 heteroatoms. The molecular weight excluding hydrogens is 360 g/mol. The molecule has 0 fully saturated rings. The molecule has 0 amide bonds. The van der Waals surface area contributed by atoms with E-state index in [0.29, 0.717) is 6.42 Å². The van der Waals surface area contributed by atoms with Crippen LogP contribution in [0.25, 0.3) is 0 Å². The van der Waals surface area contributed by atoms with Gasteiger partial charge in [0.05, 0.1) is 23.9 Å². The molecule has 3 unspecified atom stereocenters. The lowest BCUT2D eigenvalue weighted by atomic mass is 9.64. The summed E-state index contributed by atoms with van der Waals surface area (Å²) in [6.07, 6.45) is -0.387. The van der Waals surface area contributed by atoms with Gasteiger partial charge in [0.25, 0.3) is 0 Å². The number of carbonyl (C=O) groups is 4. The normalized spacial score (nSPS) is 15.9. The number of aliphatic carboxylic acids is 2. The van der Waals surface area contributed by atoms with Crippen molar-refractivity contribution in [2.75, 3.05) is 6.54 Å². The fourth-order valence-electron chi connectivity index (χ4n) is 2.56. The number of aliphatic imine (C=N–C) groups is 1. The van der Waals surface area contributed by atoms with E-state index in [1.54, 1.807) is 0 Å². The van der Waals surface area contributed by atoms with E-state index in [4.69, 9.17) is 33.8 Å². The summed E-state index contributed by atoms with van der Waals surface area (Å²) < 4.78 is 0. The third-order valence-electron chi connectivity index (χ3n) is 4.36. The van der Waals surface area contributed by atoms with Crippen LogP contribution in [0.3, 0.4) is 0 Å². The van der Waals surface area contributed by atoms with Gasteiger partial charge in [0, 0.05) is 6.54 Å². The lowest BCUT2D eigenvalue weighted by molar-refractivity contribution is -0.160. The lowest BCUT2D eigenvalue weighted by Gasteiger charge is -2.40. The number of guanidine groups is 1. The Balaban J connectivity index is 5.56. The molecule has 0 aromatic heterocycles. The van der Waals surface area contributed by atoms with Crippen LogP contribution in [0.1, 0.15) is 33.1 Å². The molecule has 3 atom stereocenters. The van der Waals surface area contributed by atoms with Crippen molar-refractivity contribution in [3.8, 4) is 0 Å². The zero-order valence-electron chi connectivity index (χ0n) is 15.3. The molecule has 27 heavy (non-hydrogen) atoms. The van der Waals surface area contributed by atoms with E-state index in [1.807, 2.05) is 0 Å². The highest BCUT2D eigenvalue weighted by Gasteiger charge is 2.59. The van der Waals surface area contributed by atoms with Crippen LogP contribution in [0.15, 0.2) is 4.99 Å². The lowest BCUT2D eigenvalue weighted by Crippen LogP contribution is -2.71. The Morgan fingerprint density at radius 3 is 1.93 bits per heavy atom. The van der Waals surface area contributed by atoms with Crippen LogP contribution in [-0.4, -0.2) is 63.8 Å². The molecule has 0 aliphatic heterocycles. The maximum absolute atomic E-state index is 12.7. The third-order valence-corrected chi connectivity index (χ3v) is 4.36. The van der Waals surface area contributed by atoms with Crippen molar-refractivity contribution in [3.63, 3.8) is 0 Å². The molecule has 0 bridgehead atoms. The summed E-state index contributed by atoms with van der Waals surface area (Å²) in [5, 5.41) is 18.3. The Morgan fingerprint density at radius 2 is 1.52 bits per heavy atom. The molecule has 0 radical (unpaired) electrons.